The molecule has 2 aliphatic heterocycles. The van der Waals surface area contributed by atoms with Crippen LogP contribution in [0.4, 0.5) is 0 Å². The van der Waals surface area contributed by atoms with Crippen LogP contribution in [-0.4, -0.2) is 56.1 Å². The largest absolute Gasteiger partial charge is 0.381 e. The second kappa shape index (κ2) is 6.98. The SMILES string of the molecule is CN(Cc1cccs1)C(=O)CNC1C(=O)NCC12CCOCC2. The van der Waals surface area contributed by atoms with Crippen LogP contribution in [0.1, 0.15) is 17.7 Å². The predicted octanol–water partition coefficient (Wildman–Crippen LogP) is 0.591. The molecule has 7 heteroatoms. The molecule has 3 rings (SSSR count). The molecule has 2 amide bonds. The van der Waals surface area contributed by atoms with Gasteiger partial charge in [-0.1, -0.05) is 6.07 Å². The lowest BCUT2D eigenvalue weighted by Crippen LogP contribution is -2.51. The standard InChI is InChI=1S/C16H23N3O3S/c1-19(10-12-3-2-8-23-12)13(20)9-17-14-15(21)18-11-16(14)4-6-22-7-5-16/h2-3,8,14,17H,4-7,9-11H2,1H3,(H,18,21). The van der Waals surface area contributed by atoms with E-state index in [0.717, 1.165) is 17.7 Å². The van der Waals surface area contributed by atoms with Crippen molar-refractivity contribution in [3.05, 3.63) is 22.4 Å². The van der Waals surface area contributed by atoms with Crippen molar-refractivity contribution in [3.8, 4) is 0 Å². The summed E-state index contributed by atoms with van der Waals surface area (Å²) in [6, 6.07) is 3.70. The summed E-state index contributed by atoms with van der Waals surface area (Å²) < 4.78 is 5.42. The van der Waals surface area contributed by atoms with Crippen LogP contribution >= 0.6 is 11.3 Å². The number of hydrogen-bond donors (Lipinski definition) is 2. The van der Waals surface area contributed by atoms with E-state index in [2.05, 4.69) is 10.6 Å². The molecule has 2 saturated heterocycles. The minimum atomic E-state index is -0.300. The number of rotatable bonds is 5. The lowest BCUT2D eigenvalue weighted by Gasteiger charge is -2.37. The summed E-state index contributed by atoms with van der Waals surface area (Å²) in [6.07, 6.45) is 1.70. The van der Waals surface area contributed by atoms with Gasteiger partial charge in [0, 0.05) is 37.1 Å². The molecule has 0 saturated carbocycles. The highest BCUT2D eigenvalue weighted by molar-refractivity contribution is 7.09. The van der Waals surface area contributed by atoms with Gasteiger partial charge in [-0.05, 0) is 24.3 Å². The number of likely N-dealkylation sites (N-methyl/N-ethyl adjacent to an activating group) is 1. The topological polar surface area (TPSA) is 70.7 Å². The number of nitrogens with zero attached hydrogens (tertiary/aromatic N) is 1. The lowest BCUT2D eigenvalue weighted by atomic mass is 9.76. The normalized spacial score (nSPS) is 23.0. The zero-order valence-corrected chi connectivity index (χ0v) is 14.2. The minimum Gasteiger partial charge on any atom is -0.381 e. The first-order valence-electron chi connectivity index (χ1n) is 7.96. The van der Waals surface area contributed by atoms with Gasteiger partial charge in [0.05, 0.1) is 19.1 Å². The first-order valence-corrected chi connectivity index (χ1v) is 8.84. The van der Waals surface area contributed by atoms with Gasteiger partial charge < -0.3 is 15.0 Å². The summed E-state index contributed by atoms with van der Waals surface area (Å²) in [4.78, 5) is 27.3. The van der Waals surface area contributed by atoms with Crippen molar-refractivity contribution in [3.63, 3.8) is 0 Å². The second-order valence-electron chi connectivity index (χ2n) is 6.34. The molecule has 1 atom stereocenters. The highest BCUT2D eigenvalue weighted by Gasteiger charge is 2.48. The number of thiophene rings is 1. The molecular weight excluding hydrogens is 314 g/mol. The van der Waals surface area contributed by atoms with Gasteiger partial charge in [-0.3, -0.25) is 14.9 Å². The van der Waals surface area contributed by atoms with E-state index >= 15 is 0 Å². The molecule has 1 spiro atoms. The van der Waals surface area contributed by atoms with Crippen LogP contribution in [0.3, 0.4) is 0 Å². The molecule has 1 unspecified atom stereocenters. The third kappa shape index (κ3) is 3.57. The first kappa shape index (κ1) is 16.4. The summed E-state index contributed by atoms with van der Waals surface area (Å²) in [5.74, 6) is 0.000851. The molecule has 1 aromatic heterocycles. The van der Waals surface area contributed by atoms with Gasteiger partial charge in [0.2, 0.25) is 11.8 Å². The van der Waals surface area contributed by atoms with E-state index < -0.39 is 0 Å². The van der Waals surface area contributed by atoms with Crippen LogP contribution in [-0.2, 0) is 20.9 Å². The van der Waals surface area contributed by atoms with E-state index in [9.17, 15) is 9.59 Å². The summed E-state index contributed by atoms with van der Waals surface area (Å²) in [6.45, 7) is 2.82. The lowest BCUT2D eigenvalue weighted by molar-refractivity contribution is -0.130. The van der Waals surface area contributed by atoms with Crippen molar-refractivity contribution in [2.75, 3.05) is 33.4 Å². The Hall–Kier alpha value is -1.44. The van der Waals surface area contributed by atoms with E-state index in [1.54, 1.807) is 23.3 Å². The highest BCUT2D eigenvalue weighted by atomic mass is 32.1. The fraction of sp³-hybridized carbons (Fsp3) is 0.625. The van der Waals surface area contributed by atoms with E-state index in [-0.39, 0.29) is 29.8 Å². The first-order chi connectivity index (χ1) is 11.1. The van der Waals surface area contributed by atoms with Crippen LogP contribution in [0.15, 0.2) is 17.5 Å². The van der Waals surface area contributed by atoms with Gasteiger partial charge >= 0.3 is 0 Å². The summed E-state index contributed by atoms with van der Waals surface area (Å²) in [5.41, 5.74) is -0.109. The van der Waals surface area contributed by atoms with E-state index in [1.807, 2.05) is 17.5 Å². The molecule has 0 bridgehead atoms. The number of hydrogen-bond acceptors (Lipinski definition) is 5. The molecule has 0 aromatic carbocycles. The van der Waals surface area contributed by atoms with Crippen LogP contribution in [0.25, 0.3) is 0 Å². The third-order valence-electron chi connectivity index (χ3n) is 4.83. The van der Waals surface area contributed by atoms with E-state index in [1.165, 1.54) is 0 Å². The zero-order valence-electron chi connectivity index (χ0n) is 13.3. The number of carbonyl (C=O) groups is 2. The minimum absolute atomic E-state index is 0.000287. The quantitative estimate of drug-likeness (QED) is 0.825. The van der Waals surface area contributed by atoms with E-state index in [0.29, 0.717) is 26.3 Å². The Labute approximate surface area is 140 Å². The van der Waals surface area contributed by atoms with Crippen LogP contribution in [0, 0.1) is 5.41 Å². The molecule has 6 nitrogen and oxygen atoms in total. The second-order valence-corrected chi connectivity index (χ2v) is 7.37. The average Bonchev–Trinajstić information content (AvgIpc) is 3.16. The summed E-state index contributed by atoms with van der Waals surface area (Å²) in [5, 5.41) is 8.14. The molecule has 23 heavy (non-hydrogen) atoms. The van der Waals surface area contributed by atoms with Crippen molar-refractivity contribution < 1.29 is 14.3 Å². The molecular formula is C16H23N3O3S. The Morgan fingerprint density at radius 3 is 3.00 bits per heavy atom. The van der Waals surface area contributed by atoms with E-state index in [4.69, 9.17) is 4.74 Å². The Kier molecular flexibility index (Phi) is 4.99. The van der Waals surface area contributed by atoms with Crippen LogP contribution in [0.5, 0.6) is 0 Å². The molecule has 1 aromatic rings. The van der Waals surface area contributed by atoms with Crippen molar-refractivity contribution in [1.29, 1.82) is 0 Å². The summed E-state index contributed by atoms with van der Waals surface area (Å²) >= 11 is 1.64. The average molecular weight is 337 g/mol. The molecule has 2 N–H and O–H groups in total. The summed E-state index contributed by atoms with van der Waals surface area (Å²) in [7, 11) is 1.79. The number of nitrogens with one attached hydrogen (secondary N) is 2. The fourth-order valence-corrected chi connectivity index (χ4v) is 4.10. The zero-order chi connectivity index (χ0) is 16.3. The molecule has 0 radical (unpaired) electrons. The Bertz CT molecular complexity index is 555. The number of amides is 2. The number of ether oxygens (including phenoxy) is 1. The molecule has 2 fully saturated rings. The fourth-order valence-electron chi connectivity index (χ4n) is 3.35. The predicted molar refractivity (Wildman–Crippen MR) is 88.1 cm³/mol. The van der Waals surface area contributed by atoms with Crippen molar-refractivity contribution in [2.24, 2.45) is 5.41 Å². The van der Waals surface area contributed by atoms with Crippen LogP contribution < -0.4 is 10.6 Å². The van der Waals surface area contributed by atoms with Gasteiger partial charge in [0.25, 0.3) is 0 Å². The van der Waals surface area contributed by atoms with Gasteiger partial charge in [0.1, 0.15) is 0 Å². The third-order valence-corrected chi connectivity index (χ3v) is 5.70. The van der Waals surface area contributed by atoms with Gasteiger partial charge in [-0.25, -0.2) is 0 Å². The maximum atomic E-state index is 12.3. The molecule has 3 heterocycles. The van der Waals surface area contributed by atoms with Gasteiger partial charge in [-0.2, -0.15) is 0 Å². The van der Waals surface area contributed by atoms with Crippen LogP contribution in [0.2, 0.25) is 0 Å². The molecule has 2 aliphatic rings. The molecule has 126 valence electrons. The van der Waals surface area contributed by atoms with Crippen molar-refractivity contribution in [1.82, 2.24) is 15.5 Å². The smallest absolute Gasteiger partial charge is 0.237 e. The van der Waals surface area contributed by atoms with Crippen molar-refractivity contribution >= 4 is 23.2 Å². The maximum absolute atomic E-state index is 12.3. The Balaban J connectivity index is 1.55. The number of carbonyl (C=O) groups excluding carboxylic acids is 2. The van der Waals surface area contributed by atoms with Gasteiger partial charge in [0.15, 0.2) is 0 Å². The Morgan fingerprint density at radius 1 is 1.52 bits per heavy atom. The maximum Gasteiger partial charge on any atom is 0.237 e. The highest BCUT2D eigenvalue weighted by Crippen LogP contribution is 2.37. The van der Waals surface area contributed by atoms with Gasteiger partial charge in [-0.15, -0.1) is 11.3 Å². The molecule has 0 aliphatic carbocycles. The Morgan fingerprint density at radius 2 is 2.30 bits per heavy atom. The van der Waals surface area contributed by atoms with Crippen molar-refractivity contribution in [2.45, 2.75) is 25.4 Å². The monoisotopic (exact) mass is 337 g/mol.